The molecule has 152 valence electrons. The molecule has 0 atom stereocenters. The summed E-state index contributed by atoms with van der Waals surface area (Å²) in [4.78, 5) is 17.4. The average Bonchev–Trinajstić information content (AvgIpc) is 3.04. The molecule has 0 bridgehead atoms. The van der Waals surface area contributed by atoms with Crippen molar-refractivity contribution in [2.75, 3.05) is 6.61 Å². The molecule has 0 unspecified atom stereocenters. The maximum Gasteiger partial charge on any atom is 0.264 e. The van der Waals surface area contributed by atoms with Crippen LogP contribution in [0.25, 0.3) is 6.08 Å². The molecule has 0 radical (unpaired) electrons. The van der Waals surface area contributed by atoms with Crippen LogP contribution >= 0.6 is 35.0 Å². The lowest BCUT2D eigenvalue weighted by Crippen LogP contribution is -2.19. The number of thioether (sulfide) groups is 1. The summed E-state index contributed by atoms with van der Waals surface area (Å²) in [6.45, 7) is 2.82. The molecule has 0 aromatic heterocycles. The summed E-state index contributed by atoms with van der Waals surface area (Å²) in [5.41, 5.74) is 1.50. The highest BCUT2D eigenvalue weighted by molar-refractivity contribution is 8.18. The summed E-state index contributed by atoms with van der Waals surface area (Å²) in [6.07, 6.45) is 6.32. The van der Waals surface area contributed by atoms with Crippen LogP contribution in [0.2, 0.25) is 10.0 Å². The van der Waals surface area contributed by atoms with Crippen LogP contribution in [0, 0.1) is 0 Å². The lowest BCUT2D eigenvalue weighted by atomic mass is 10.1. The van der Waals surface area contributed by atoms with Crippen molar-refractivity contribution in [2.45, 2.75) is 32.6 Å². The van der Waals surface area contributed by atoms with E-state index in [9.17, 15) is 4.79 Å². The highest BCUT2D eigenvalue weighted by Gasteiger charge is 2.24. The number of hydrogen-bond donors (Lipinski definition) is 1. The molecule has 0 spiro atoms. The molecule has 4 nitrogen and oxygen atoms in total. The largest absolute Gasteiger partial charge is 0.493 e. The molecule has 1 saturated heterocycles. The first-order valence-electron chi connectivity index (χ1n) is 9.52. The van der Waals surface area contributed by atoms with E-state index in [2.05, 4.69) is 17.2 Å². The molecule has 2 aromatic carbocycles. The van der Waals surface area contributed by atoms with Crippen LogP contribution in [-0.4, -0.2) is 17.7 Å². The second kappa shape index (κ2) is 10.7. The van der Waals surface area contributed by atoms with E-state index in [1.165, 1.54) is 24.6 Å². The number of carbonyl (C=O) groups is 1. The predicted molar refractivity (Wildman–Crippen MR) is 123 cm³/mol. The first kappa shape index (κ1) is 21.8. The molecule has 0 aliphatic carbocycles. The van der Waals surface area contributed by atoms with E-state index < -0.39 is 0 Å². The van der Waals surface area contributed by atoms with Crippen LogP contribution in [0.5, 0.6) is 5.75 Å². The minimum absolute atomic E-state index is 0.198. The van der Waals surface area contributed by atoms with E-state index in [0.717, 1.165) is 29.8 Å². The number of halogens is 2. The van der Waals surface area contributed by atoms with Crippen LogP contribution in [0.15, 0.2) is 52.4 Å². The van der Waals surface area contributed by atoms with Crippen LogP contribution < -0.4 is 10.1 Å². The Kier molecular flexibility index (Phi) is 8.04. The van der Waals surface area contributed by atoms with Gasteiger partial charge in [0.05, 0.1) is 17.2 Å². The number of amidine groups is 1. The Morgan fingerprint density at radius 1 is 1.07 bits per heavy atom. The molecule has 2 aromatic rings. The second-order valence-electron chi connectivity index (χ2n) is 6.55. The Bertz CT molecular complexity index is 927. The van der Waals surface area contributed by atoms with Gasteiger partial charge in [-0.05, 0) is 66.7 Å². The number of aliphatic imine (C=N–C) groups is 1. The van der Waals surface area contributed by atoms with E-state index in [0.29, 0.717) is 26.7 Å². The van der Waals surface area contributed by atoms with Gasteiger partial charge in [0.2, 0.25) is 0 Å². The summed E-state index contributed by atoms with van der Waals surface area (Å²) in [5.74, 6) is 0.520. The molecule has 1 amide bonds. The van der Waals surface area contributed by atoms with Crippen molar-refractivity contribution in [3.8, 4) is 5.75 Å². The van der Waals surface area contributed by atoms with Gasteiger partial charge in [0, 0.05) is 15.6 Å². The van der Waals surface area contributed by atoms with Gasteiger partial charge in [0.15, 0.2) is 5.17 Å². The Morgan fingerprint density at radius 3 is 2.59 bits per heavy atom. The summed E-state index contributed by atoms with van der Waals surface area (Å²) in [5, 5.41) is 4.54. The number of ether oxygens (including phenoxy) is 1. The quantitative estimate of drug-likeness (QED) is 0.354. The van der Waals surface area contributed by atoms with Gasteiger partial charge in [-0.3, -0.25) is 4.79 Å². The monoisotopic (exact) mass is 448 g/mol. The van der Waals surface area contributed by atoms with E-state index in [-0.39, 0.29) is 5.91 Å². The van der Waals surface area contributed by atoms with Crippen molar-refractivity contribution in [1.82, 2.24) is 5.32 Å². The molecule has 3 rings (SSSR count). The molecule has 1 N–H and O–H groups in total. The zero-order valence-corrected chi connectivity index (χ0v) is 18.4. The van der Waals surface area contributed by atoms with Gasteiger partial charge < -0.3 is 10.1 Å². The van der Waals surface area contributed by atoms with Crippen LogP contribution in [0.4, 0.5) is 5.69 Å². The van der Waals surface area contributed by atoms with E-state index in [4.69, 9.17) is 27.9 Å². The Labute approximate surface area is 185 Å². The standard InChI is InChI=1S/C22H22Cl2N2O2S/c1-2-3-4-5-12-28-19-11-8-17(24)13-15(19)14-20-21(27)26-22(29-20)25-18-9-6-16(23)7-10-18/h6-11,13-14H,2-5,12H2,1H3,(H,25,26,27)/b20-14+. The zero-order chi connectivity index (χ0) is 20.6. The van der Waals surface area contributed by atoms with Crippen molar-refractivity contribution in [3.63, 3.8) is 0 Å². The van der Waals surface area contributed by atoms with Gasteiger partial charge in [0.25, 0.3) is 5.91 Å². The molecular formula is C22H22Cl2N2O2S. The maximum absolute atomic E-state index is 12.4. The first-order chi connectivity index (χ1) is 14.0. The minimum Gasteiger partial charge on any atom is -0.493 e. The van der Waals surface area contributed by atoms with Gasteiger partial charge in [0.1, 0.15) is 5.75 Å². The topological polar surface area (TPSA) is 50.7 Å². The normalized spacial score (nSPS) is 16.4. The smallest absolute Gasteiger partial charge is 0.264 e. The molecule has 1 heterocycles. The second-order valence-corrected chi connectivity index (χ2v) is 8.45. The van der Waals surface area contributed by atoms with Crippen LogP contribution in [0.3, 0.4) is 0 Å². The molecule has 1 fully saturated rings. The number of amides is 1. The lowest BCUT2D eigenvalue weighted by molar-refractivity contribution is -0.115. The zero-order valence-electron chi connectivity index (χ0n) is 16.1. The summed E-state index contributed by atoms with van der Waals surface area (Å²) >= 11 is 13.3. The fourth-order valence-corrected chi connectivity index (χ4v) is 3.87. The number of nitrogens with zero attached hydrogens (tertiary/aromatic N) is 1. The Hall–Kier alpha value is -1.95. The van der Waals surface area contributed by atoms with Crippen molar-refractivity contribution in [2.24, 2.45) is 4.99 Å². The highest BCUT2D eigenvalue weighted by Crippen LogP contribution is 2.32. The third kappa shape index (κ3) is 6.53. The maximum atomic E-state index is 12.4. The Balaban J connectivity index is 1.74. The summed E-state index contributed by atoms with van der Waals surface area (Å²) in [6, 6.07) is 12.5. The van der Waals surface area contributed by atoms with Gasteiger partial charge in [-0.2, -0.15) is 0 Å². The number of hydrogen-bond acceptors (Lipinski definition) is 4. The SMILES string of the molecule is CCCCCCOc1ccc(Cl)cc1/C=C1/SC(=Nc2ccc(Cl)cc2)NC1=O. The average molecular weight is 449 g/mol. The third-order valence-electron chi connectivity index (χ3n) is 4.22. The molecule has 29 heavy (non-hydrogen) atoms. The first-order valence-corrected chi connectivity index (χ1v) is 11.1. The van der Waals surface area contributed by atoms with Crippen molar-refractivity contribution in [1.29, 1.82) is 0 Å². The number of nitrogens with one attached hydrogen (secondary N) is 1. The molecule has 1 aliphatic heterocycles. The third-order valence-corrected chi connectivity index (χ3v) is 5.62. The molecule has 7 heteroatoms. The molecule has 0 saturated carbocycles. The lowest BCUT2D eigenvalue weighted by Gasteiger charge is -2.10. The number of rotatable bonds is 8. The van der Waals surface area contributed by atoms with E-state index >= 15 is 0 Å². The van der Waals surface area contributed by atoms with Crippen LogP contribution in [0.1, 0.15) is 38.2 Å². The van der Waals surface area contributed by atoms with Gasteiger partial charge in [-0.15, -0.1) is 0 Å². The molecule has 1 aliphatic rings. The van der Waals surface area contributed by atoms with Crippen molar-refractivity contribution in [3.05, 3.63) is 63.0 Å². The van der Waals surface area contributed by atoms with Crippen molar-refractivity contribution < 1.29 is 9.53 Å². The van der Waals surface area contributed by atoms with E-state index in [1.807, 2.05) is 6.07 Å². The Morgan fingerprint density at radius 2 is 1.83 bits per heavy atom. The minimum atomic E-state index is -0.198. The number of unbranched alkanes of at least 4 members (excludes halogenated alkanes) is 3. The van der Waals surface area contributed by atoms with Crippen LogP contribution in [-0.2, 0) is 4.79 Å². The van der Waals surface area contributed by atoms with Gasteiger partial charge >= 0.3 is 0 Å². The number of carbonyl (C=O) groups excluding carboxylic acids is 1. The molecular weight excluding hydrogens is 427 g/mol. The summed E-state index contributed by atoms with van der Waals surface area (Å²) in [7, 11) is 0. The predicted octanol–water partition coefficient (Wildman–Crippen LogP) is 6.84. The van der Waals surface area contributed by atoms with Gasteiger partial charge in [-0.25, -0.2) is 4.99 Å². The fourth-order valence-electron chi connectivity index (χ4n) is 2.73. The van der Waals surface area contributed by atoms with Crippen molar-refractivity contribution >= 4 is 57.8 Å². The summed E-state index contributed by atoms with van der Waals surface area (Å²) < 4.78 is 5.93. The van der Waals surface area contributed by atoms with Gasteiger partial charge in [-0.1, -0.05) is 49.4 Å². The highest BCUT2D eigenvalue weighted by atomic mass is 35.5. The van der Waals surface area contributed by atoms with E-state index in [1.54, 1.807) is 42.5 Å². The number of benzene rings is 2. The fraction of sp³-hybridized carbons (Fsp3) is 0.273.